The molecular formula is C21H19F3N2O3. The molecule has 0 radical (unpaired) electrons. The number of carbonyl (C=O) groups is 2. The summed E-state index contributed by atoms with van der Waals surface area (Å²) in [6.07, 6.45) is 1.79. The lowest BCUT2D eigenvalue weighted by molar-refractivity contribution is -0.137. The molecule has 0 aliphatic heterocycles. The predicted molar refractivity (Wildman–Crippen MR) is 100 cm³/mol. The quantitative estimate of drug-likeness (QED) is 0.724. The zero-order valence-electron chi connectivity index (χ0n) is 15.8. The second-order valence-corrected chi connectivity index (χ2v) is 7.01. The number of amides is 1. The molecule has 152 valence electrons. The van der Waals surface area contributed by atoms with Crippen molar-refractivity contribution in [2.75, 3.05) is 0 Å². The molecule has 29 heavy (non-hydrogen) atoms. The van der Waals surface area contributed by atoms with Gasteiger partial charge < -0.3 is 10.4 Å². The highest BCUT2D eigenvalue weighted by atomic mass is 19.4. The number of nitrogens with one attached hydrogen (secondary N) is 1. The lowest BCUT2D eigenvalue weighted by atomic mass is 10.0. The minimum Gasteiger partial charge on any atom is -0.508 e. The first-order chi connectivity index (χ1) is 13.4. The van der Waals surface area contributed by atoms with Crippen LogP contribution in [0.1, 0.15) is 41.0 Å². The van der Waals surface area contributed by atoms with E-state index in [2.05, 4.69) is 16.2 Å². The highest BCUT2D eigenvalue weighted by Crippen LogP contribution is 2.32. The molecule has 1 aromatic heterocycles. The summed E-state index contributed by atoms with van der Waals surface area (Å²) in [7, 11) is 0. The monoisotopic (exact) mass is 404 g/mol. The number of halogens is 3. The standard InChI is InChI=1S/C21H19F3N2O3/c1-4-20(2,3)26-19(29)17-10-13(7-8-25-17)9-16(27)11-14-5-6-15(12-18(14)28)21(22,23)24/h1,5-8,10,12,28H,9,11H2,2-3H3,(H,26,29). The third-order valence-corrected chi connectivity index (χ3v) is 4.05. The average Bonchev–Trinajstić information content (AvgIpc) is 2.62. The average molecular weight is 404 g/mol. The fourth-order valence-corrected chi connectivity index (χ4v) is 2.48. The molecule has 0 aliphatic carbocycles. The number of aromatic hydroxyl groups is 1. The summed E-state index contributed by atoms with van der Waals surface area (Å²) in [5.74, 6) is 0.986. The lowest BCUT2D eigenvalue weighted by Gasteiger charge is -2.19. The van der Waals surface area contributed by atoms with E-state index in [1.807, 2.05) is 0 Å². The highest BCUT2D eigenvalue weighted by Gasteiger charge is 2.31. The van der Waals surface area contributed by atoms with Gasteiger partial charge in [-0.15, -0.1) is 6.42 Å². The molecule has 0 bridgehead atoms. The maximum Gasteiger partial charge on any atom is 0.416 e. The Labute approximate surface area is 166 Å². The predicted octanol–water partition coefficient (Wildman–Crippen LogP) is 3.30. The van der Waals surface area contributed by atoms with Gasteiger partial charge in [-0.2, -0.15) is 13.2 Å². The van der Waals surface area contributed by atoms with E-state index in [0.717, 1.165) is 12.1 Å². The SMILES string of the molecule is C#CC(C)(C)NC(=O)c1cc(CC(=O)Cc2ccc(C(F)(F)F)cc2O)ccn1. The van der Waals surface area contributed by atoms with Crippen LogP contribution in [0, 0.1) is 12.3 Å². The largest absolute Gasteiger partial charge is 0.508 e. The van der Waals surface area contributed by atoms with Gasteiger partial charge in [0, 0.05) is 24.6 Å². The van der Waals surface area contributed by atoms with Crippen LogP contribution in [0.4, 0.5) is 13.2 Å². The van der Waals surface area contributed by atoms with E-state index in [1.165, 1.54) is 12.3 Å². The fourth-order valence-electron chi connectivity index (χ4n) is 2.48. The van der Waals surface area contributed by atoms with Crippen LogP contribution in [0.15, 0.2) is 36.5 Å². The van der Waals surface area contributed by atoms with E-state index in [-0.39, 0.29) is 29.9 Å². The molecule has 1 amide bonds. The van der Waals surface area contributed by atoms with Crippen LogP contribution in [0.3, 0.4) is 0 Å². The summed E-state index contributed by atoms with van der Waals surface area (Å²) in [6, 6.07) is 5.46. The molecule has 1 aromatic carbocycles. The van der Waals surface area contributed by atoms with Crippen molar-refractivity contribution < 1.29 is 27.9 Å². The van der Waals surface area contributed by atoms with Crippen molar-refractivity contribution in [1.82, 2.24) is 10.3 Å². The number of hydrogen-bond donors (Lipinski definition) is 2. The summed E-state index contributed by atoms with van der Waals surface area (Å²) in [4.78, 5) is 28.5. The Balaban J connectivity index is 2.08. The Bertz CT molecular complexity index is 976. The first-order valence-corrected chi connectivity index (χ1v) is 8.57. The van der Waals surface area contributed by atoms with Crippen molar-refractivity contribution in [3.05, 3.63) is 58.9 Å². The van der Waals surface area contributed by atoms with Gasteiger partial charge in [-0.3, -0.25) is 14.6 Å². The summed E-state index contributed by atoms with van der Waals surface area (Å²) >= 11 is 0. The van der Waals surface area contributed by atoms with Crippen LogP contribution in [-0.4, -0.2) is 27.3 Å². The van der Waals surface area contributed by atoms with Crippen molar-refractivity contribution in [2.45, 2.75) is 38.4 Å². The van der Waals surface area contributed by atoms with Crippen LogP contribution in [-0.2, 0) is 23.8 Å². The normalized spacial score (nSPS) is 11.6. The topological polar surface area (TPSA) is 79.3 Å². The Hall–Kier alpha value is -3.34. The highest BCUT2D eigenvalue weighted by molar-refractivity contribution is 5.93. The van der Waals surface area contributed by atoms with Gasteiger partial charge in [0.05, 0.1) is 11.1 Å². The van der Waals surface area contributed by atoms with Gasteiger partial charge in [-0.1, -0.05) is 12.0 Å². The Morgan fingerprint density at radius 1 is 1.17 bits per heavy atom. The summed E-state index contributed by atoms with van der Waals surface area (Å²) in [6.45, 7) is 3.30. The second kappa shape index (κ2) is 8.35. The minimum absolute atomic E-state index is 0.0796. The zero-order chi connectivity index (χ0) is 21.8. The van der Waals surface area contributed by atoms with Crippen LogP contribution in [0.2, 0.25) is 0 Å². The number of phenolic OH excluding ortho intramolecular Hbond substituents is 1. The molecule has 2 N–H and O–H groups in total. The summed E-state index contributed by atoms with van der Waals surface area (Å²) in [5, 5.41) is 12.4. The van der Waals surface area contributed by atoms with Crippen LogP contribution < -0.4 is 5.32 Å². The van der Waals surface area contributed by atoms with Gasteiger partial charge in [0.1, 0.15) is 17.2 Å². The van der Waals surface area contributed by atoms with E-state index < -0.39 is 28.9 Å². The van der Waals surface area contributed by atoms with Gasteiger partial charge in [0.25, 0.3) is 5.91 Å². The van der Waals surface area contributed by atoms with E-state index in [0.29, 0.717) is 11.6 Å². The molecule has 1 heterocycles. The number of benzene rings is 1. The van der Waals surface area contributed by atoms with E-state index in [1.54, 1.807) is 19.9 Å². The first kappa shape index (κ1) is 22.0. The fraction of sp³-hybridized carbons (Fsp3) is 0.286. The molecule has 8 heteroatoms. The second-order valence-electron chi connectivity index (χ2n) is 7.01. The van der Waals surface area contributed by atoms with Gasteiger partial charge in [-0.05, 0) is 43.7 Å². The number of pyridine rings is 1. The maximum atomic E-state index is 12.7. The molecule has 0 fully saturated rings. The molecule has 0 aliphatic rings. The number of rotatable bonds is 6. The molecule has 2 rings (SSSR count). The molecule has 0 atom stereocenters. The smallest absolute Gasteiger partial charge is 0.416 e. The zero-order valence-corrected chi connectivity index (χ0v) is 15.8. The molecule has 2 aromatic rings. The van der Waals surface area contributed by atoms with Gasteiger partial charge in [0.2, 0.25) is 0 Å². The number of phenols is 1. The maximum absolute atomic E-state index is 12.7. The van der Waals surface area contributed by atoms with Gasteiger partial charge >= 0.3 is 6.18 Å². The van der Waals surface area contributed by atoms with E-state index in [4.69, 9.17) is 6.42 Å². The number of ketones is 1. The van der Waals surface area contributed by atoms with Crippen molar-refractivity contribution in [3.8, 4) is 18.1 Å². The van der Waals surface area contributed by atoms with Gasteiger partial charge in [-0.25, -0.2) is 0 Å². The molecular weight excluding hydrogens is 385 g/mol. The third kappa shape index (κ3) is 6.07. The van der Waals surface area contributed by atoms with Crippen LogP contribution >= 0.6 is 0 Å². The van der Waals surface area contributed by atoms with Crippen molar-refractivity contribution >= 4 is 11.7 Å². The number of terminal acetylenes is 1. The van der Waals surface area contributed by atoms with Crippen molar-refractivity contribution in [2.24, 2.45) is 0 Å². The van der Waals surface area contributed by atoms with Gasteiger partial charge in [0.15, 0.2) is 0 Å². The summed E-state index contributed by atoms with van der Waals surface area (Å²) in [5.41, 5.74) is -1.20. The lowest BCUT2D eigenvalue weighted by Crippen LogP contribution is -2.42. The minimum atomic E-state index is -4.58. The number of carbonyl (C=O) groups excluding carboxylic acids is 2. The number of aromatic nitrogens is 1. The molecule has 0 unspecified atom stereocenters. The Kier molecular flexibility index (Phi) is 6.32. The molecule has 5 nitrogen and oxygen atoms in total. The van der Waals surface area contributed by atoms with Crippen LogP contribution in [0.5, 0.6) is 5.75 Å². The van der Waals surface area contributed by atoms with E-state index >= 15 is 0 Å². The molecule has 0 saturated heterocycles. The van der Waals surface area contributed by atoms with E-state index in [9.17, 15) is 27.9 Å². The van der Waals surface area contributed by atoms with Crippen LogP contribution in [0.25, 0.3) is 0 Å². The number of nitrogens with zero attached hydrogens (tertiary/aromatic N) is 1. The molecule has 0 spiro atoms. The first-order valence-electron chi connectivity index (χ1n) is 8.57. The number of alkyl halides is 3. The summed E-state index contributed by atoms with van der Waals surface area (Å²) < 4.78 is 38.0. The Morgan fingerprint density at radius 3 is 2.45 bits per heavy atom. The number of Topliss-reactive ketones (excluding diaryl/α,β-unsaturated/α-hetero) is 1. The number of hydrogen-bond acceptors (Lipinski definition) is 4. The third-order valence-electron chi connectivity index (χ3n) is 4.05. The molecule has 0 saturated carbocycles. The van der Waals surface area contributed by atoms with Crippen molar-refractivity contribution in [3.63, 3.8) is 0 Å². The Morgan fingerprint density at radius 2 is 1.86 bits per heavy atom. The van der Waals surface area contributed by atoms with Crippen molar-refractivity contribution in [1.29, 1.82) is 0 Å².